The van der Waals surface area contributed by atoms with Gasteiger partial charge in [0.2, 0.25) is 11.9 Å². The van der Waals surface area contributed by atoms with E-state index in [9.17, 15) is 0 Å². The minimum absolute atomic E-state index is 0.368. The normalized spacial score (nSPS) is 11.1. The summed E-state index contributed by atoms with van der Waals surface area (Å²) in [5.41, 5.74) is 4.62. The fraction of sp³-hybridized carbons (Fsp3) is 0.182. The summed E-state index contributed by atoms with van der Waals surface area (Å²) >= 11 is 11.8. The predicted octanol–water partition coefficient (Wildman–Crippen LogP) is 5.01. The van der Waals surface area contributed by atoms with Crippen LogP contribution in [0.1, 0.15) is 22.5 Å². The zero-order valence-corrected chi connectivity index (χ0v) is 18.6. The van der Waals surface area contributed by atoms with Crippen molar-refractivity contribution < 1.29 is 0 Å². The number of guanidine groups is 1. The lowest BCUT2D eigenvalue weighted by atomic mass is 10.2. The number of benzene rings is 2. The molecule has 0 spiro atoms. The van der Waals surface area contributed by atoms with Gasteiger partial charge in [-0.15, -0.1) is 0 Å². The lowest BCUT2D eigenvalue weighted by molar-refractivity contribution is 1.03. The monoisotopic (exact) mass is 438 g/mol. The molecule has 3 rings (SSSR count). The maximum absolute atomic E-state index is 6.27. The van der Waals surface area contributed by atoms with E-state index in [0.717, 1.165) is 28.2 Å². The molecule has 0 saturated carbocycles. The van der Waals surface area contributed by atoms with E-state index < -0.39 is 0 Å². The van der Waals surface area contributed by atoms with Crippen molar-refractivity contribution >= 4 is 46.5 Å². The highest BCUT2D eigenvalue weighted by Gasteiger charge is 2.09. The van der Waals surface area contributed by atoms with Gasteiger partial charge in [0.25, 0.3) is 0 Å². The van der Waals surface area contributed by atoms with E-state index in [-0.39, 0.29) is 0 Å². The Morgan fingerprint density at radius 1 is 0.967 bits per heavy atom. The summed E-state index contributed by atoms with van der Waals surface area (Å²) in [4.78, 5) is 13.5. The number of halogens is 1. The number of aryl methyl sites for hydroxylation is 3. The molecule has 1 aromatic heterocycles. The SMILES string of the molecule is Cc1cc(C)nc(NC(=NCc2ccccc2Cl)NC(=S)Nc2ccccc2C)n1. The maximum atomic E-state index is 6.27. The van der Waals surface area contributed by atoms with Crippen LogP contribution in [0, 0.1) is 20.8 Å². The van der Waals surface area contributed by atoms with Crippen LogP contribution in [0.5, 0.6) is 0 Å². The van der Waals surface area contributed by atoms with E-state index in [1.165, 1.54) is 0 Å². The Morgan fingerprint density at radius 3 is 2.33 bits per heavy atom. The lowest BCUT2D eigenvalue weighted by Gasteiger charge is -2.15. The second-order valence-corrected chi connectivity index (χ2v) is 7.57. The fourth-order valence-electron chi connectivity index (χ4n) is 2.76. The van der Waals surface area contributed by atoms with Gasteiger partial charge in [0, 0.05) is 22.1 Å². The first-order valence-corrected chi connectivity index (χ1v) is 10.2. The second-order valence-electron chi connectivity index (χ2n) is 6.75. The van der Waals surface area contributed by atoms with Gasteiger partial charge in [0.15, 0.2) is 5.11 Å². The number of nitrogens with one attached hydrogen (secondary N) is 3. The number of rotatable bonds is 4. The van der Waals surface area contributed by atoms with Crippen LogP contribution in [0.15, 0.2) is 59.6 Å². The van der Waals surface area contributed by atoms with Crippen LogP contribution < -0.4 is 16.0 Å². The van der Waals surface area contributed by atoms with Crippen molar-refractivity contribution in [2.24, 2.45) is 4.99 Å². The summed E-state index contributed by atoms with van der Waals surface area (Å²) < 4.78 is 0. The fourth-order valence-corrected chi connectivity index (χ4v) is 3.17. The zero-order valence-electron chi connectivity index (χ0n) is 17.0. The van der Waals surface area contributed by atoms with Crippen LogP contribution in [-0.2, 0) is 6.54 Å². The van der Waals surface area contributed by atoms with Gasteiger partial charge in [-0.25, -0.2) is 15.0 Å². The Hall–Kier alpha value is -3.03. The molecule has 154 valence electrons. The Labute approximate surface area is 186 Å². The van der Waals surface area contributed by atoms with Gasteiger partial charge in [-0.1, -0.05) is 48.0 Å². The highest BCUT2D eigenvalue weighted by Crippen LogP contribution is 2.16. The molecule has 0 atom stereocenters. The highest BCUT2D eigenvalue weighted by atomic mass is 35.5. The number of hydrogen-bond donors (Lipinski definition) is 3. The number of aromatic nitrogens is 2. The first-order valence-electron chi connectivity index (χ1n) is 9.41. The number of aliphatic imine (C=N–C) groups is 1. The molecule has 3 N–H and O–H groups in total. The topological polar surface area (TPSA) is 74.2 Å². The van der Waals surface area contributed by atoms with E-state index in [2.05, 4.69) is 30.9 Å². The molecule has 8 heteroatoms. The average molecular weight is 439 g/mol. The first kappa shape index (κ1) is 21.7. The standard InChI is InChI=1S/C22H23ClN6S/c1-14-8-4-7-11-19(14)27-22(30)29-20(24-13-17-9-5-6-10-18(17)23)28-21-25-15(2)12-16(3)26-21/h4-12H,13H2,1-3H3,(H3,24,25,26,27,28,29,30). The van der Waals surface area contributed by atoms with E-state index in [4.69, 9.17) is 23.8 Å². The van der Waals surface area contributed by atoms with Gasteiger partial charge in [-0.05, 0) is 62.3 Å². The molecular formula is C22H23ClN6S. The van der Waals surface area contributed by atoms with Gasteiger partial charge >= 0.3 is 0 Å². The van der Waals surface area contributed by atoms with Crippen molar-refractivity contribution in [3.8, 4) is 0 Å². The Kier molecular flexibility index (Phi) is 7.32. The molecule has 0 amide bonds. The minimum Gasteiger partial charge on any atom is -0.332 e. The summed E-state index contributed by atoms with van der Waals surface area (Å²) in [6.45, 7) is 6.21. The highest BCUT2D eigenvalue weighted by molar-refractivity contribution is 7.80. The summed E-state index contributed by atoms with van der Waals surface area (Å²) in [6, 6.07) is 17.4. The van der Waals surface area contributed by atoms with Crippen LogP contribution >= 0.6 is 23.8 Å². The van der Waals surface area contributed by atoms with E-state index in [1.807, 2.05) is 75.4 Å². The quantitative estimate of drug-likeness (QED) is 0.302. The zero-order chi connectivity index (χ0) is 21.5. The molecule has 1 heterocycles. The van der Waals surface area contributed by atoms with Crippen LogP contribution in [0.2, 0.25) is 5.02 Å². The lowest BCUT2D eigenvalue weighted by Crippen LogP contribution is -2.39. The van der Waals surface area contributed by atoms with Gasteiger partial charge in [-0.2, -0.15) is 0 Å². The third-order valence-corrected chi connectivity index (χ3v) is 4.78. The Bertz CT molecular complexity index is 1060. The van der Waals surface area contributed by atoms with Gasteiger partial charge in [-0.3, -0.25) is 5.32 Å². The molecule has 0 radical (unpaired) electrons. The van der Waals surface area contributed by atoms with Crippen molar-refractivity contribution in [1.82, 2.24) is 15.3 Å². The van der Waals surface area contributed by atoms with Crippen LogP contribution in [0.25, 0.3) is 0 Å². The summed E-state index contributed by atoms with van der Waals surface area (Å²) in [6.07, 6.45) is 0. The molecule has 0 fully saturated rings. The van der Waals surface area contributed by atoms with E-state index in [1.54, 1.807) is 0 Å². The number of para-hydroxylation sites is 1. The molecule has 6 nitrogen and oxygen atoms in total. The summed E-state index contributed by atoms with van der Waals surface area (Å²) in [5.74, 6) is 0.864. The molecule has 0 aliphatic heterocycles. The summed E-state index contributed by atoms with van der Waals surface area (Å²) in [7, 11) is 0. The third-order valence-electron chi connectivity index (χ3n) is 4.20. The third kappa shape index (κ3) is 6.23. The summed E-state index contributed by atoms with van der Waals surface area (Å²) in [5, 5.41) is 10.5. The number of thiocarbonyl (C=S) groups is 1. The van der Waals surface area contributed by atoms with Crippen molar-refractivity contribution in [2.75, 3.05) is 10.6 Å². The Morgan fingerprint density at radius 2 is 1.63 bits per heavy atom. The number of nitrogens with zero attached hydrogens (tertiary/aromatic N) is 3. The molecule has 2 aromatic carbocycles. The van der Waals surface area contributed by atoms with E-state index >= 15 is 0 Å². The van der Waals surface area contributed by atoms with Gasteiger partial charge < -0.3 is 10.6 Å². The van der Waals surface area contributed by atoms with Crippen molar-refractivity contribution in [3.05, 3.63) is 82.1 Å². The molecule has 0 bridgehead atoms. The molecule has 0 aliphatic rings. The molecule has 3 aromatic rings. The van der Waals surface area contributed by atoms with E-state index in [0.29, 0.717) is 28.6 Å². The van der Waals surface area contributed by atoms with Crippen molar-refractivity contribution in [1.29, 1.82) is 0 Å². The molecular weight excluding hydrogens is 416 g/mol. The predicted molar refractivity (Wildman–Crippen MR) is 128 cm³/mol. The molecule has 0 aliphatic carbocycles. The largest absolute Gasteiger partial charge is 0.332 e. The second kappa shape index (κ2) is 10.1. The molecule has 0 unspecified atom stereocenters. The molecule has 0 saturated heterocycles. The van der Waals surface area contributed by atoms with Crippen molar-refractivity contribution in [2.45, 2.75) is 27.3 Å². The average Bonchev–Trinajstić information content (AvgIpc) is 2.68. The first-order chi connectivity index (χ1) is 14.4. The minimum atomic E-state index is 0.368. The maximum Gasteiger partial charge on any atom is 0.229 e. The van der Waals surface area contributed by atoms with Gasteiger partial charge in [0.05, 0.1) is 6.54 Å². The Balaban J connectivity index is 1.80. The smallest absolute Gasteiger partial charge is 0.229 e. The van der Waals surface area contributed by atoms with Crippen LogP contribution in [-0.4, -0.2) is 21.0 Å². The molecule has 30 heavy (non-hydrogen) atoms. The van der Waals surface area contributed by atoms with Crippen molar-refractivity contribution in [3.63, 3.8) is 0 Å². The number of anilines is 2. The van der Waals surface area contributed by atoms with Crippen LogP contribution in [0.4, 0.5) is 11.6 Å². The van der Waals surface area contributed by atoms with Gasteiger partial charge in [0.1, 0.15) is 0 Å². The number of hydrogen-bond acceptors (Lipinski definition) is 4. The van der Waals surface area contributed by atoms with Crippen LogP contribution in [0.3, 0.4) is 0 Å².